The Bertz CT molecular complexity index is 412. The van der Waals surface area contributed by atoms with Gasteiger partial charge >= 0.3 is 0 Å². The molecule has 4 N–H and O–H groups in total. The first kappa shape index (κ1) is 27.7. The molecule has 0 spiro atoms. The Morgan fingerprint density at radius 2 is 1.23 bits per heavy atom. The fraction of sp³-hybridized carbons (Fsp3) is 0.947. The van der Waals surface area contributed by atoms with E-state index in [9.17, 15) is 13.2 Å². The molecule has 0 aliphatic rings. The van der Waals surface area contributed by atoms with Gasteiger partial charge in [-0.3, -0.25) is 9.35 Å². The zero-order chi connectivity index (χ0) is 18.8. The van der Waals surface area contributed by atoms with Crippen LogP contribution in [0.5, 0.6) is 0 Å². The Labute approximate surface area is 160 Å². The van der Waals surface area contributed by atoms with Crippen molar-refractivity contribution in [3.63, 3.8) is 0 Å². The summed E-state index contributed by atoms with van der Waals surface area (Å²) in [5.41, 5.74) is 0. The smallest absolute Gasteiger partial charge is 0.266 e. The highest BCUT2D eigenvalue weighted by molar-refractivity contribution is 7.85. The molecule has 0 radical (unpaired) electrons. The SMILES string of the molecule is CCCCCCCCCCCCCCCC(=O)CNCCS(=O)(=O)O.O. The van der Waals surface area contributed by atoms with Crippen LogP contribution >= 0.6 is 0 Å². The van der Waals surface area contributed by atoms with Crippen LogP contribution in [0, 0.1) is 0 Å². The lowest BCUT2D eigenvalue weighted by Crippen LogP contribution is -2.28. The summed E-state index contributed by atoms with van der Waals surface area (Å²) in [7, 11) is -3.94. The summed E-state index contributed by atoms with van der Waals surface area (Å²) in [6, 6.07) is 0. The first-order chi connectivity index (χ1) is 12.0. The Hall–Kier alpha value is -0.500. The Balaban J connectivity index is 0. The summed E-state index contributed by atoms with van der Waals surface area (Å²) in [4.78, 5) is 11.6. The highest BCUT2D eigenvalue weighted by Gasteiger charge is 2.05. The summed E-state index contributed by atoms with van der Waals surface area (Å²) in [6.45, 7) is 2.55. The molecule has 0 saturated heterocycles. The number of hydrogen-bond donors (Lipinski definition) is 2. The van der Waals surface area contributed by atoms with E-state index in [-0.39, 0.29) is 30.1 Å². The lowest BCUT2D eigenvalue weighted by Gasteiger charge is -2.04. The lowest BCUT2D eigenvalue weighted by molar-refractivity contribution is -0.118. The Kier molecular flexibility index (Phi) is 20.5. The molecule has 0 fully saturated rings. The lowest BCUT2D eigenvalue weighted by atomic mass is 10.0. The number of rotatable bonds is 19. The van der Waals surface area contributed by atoms with Crippen LogP contribution in [0.1, 0.15) is 96.8 Å². The van der Waals surface area contributed by atoms with Gasteiger partial charge in [-0.1, -0.05) is 84.0 Å². The number of hydrogen-bond acceptors (Lipinski definition) is 4. The van der Waals surface area contributed by atoms with Crippen LogP contribution in [-0.2, 0) is 14.9 Å². The average molecular weight is 396 g/mol. The summed E-state index contributed by atoms with van der Waals surface area (Å²) in [6.07, 6.45) is 17.3. The minimum absolute atomic E-state index is 0. The number of carbonyl (C=O) groups excluding carboxylic acids is 1. The predicted octanol–water partition coefficient (Wildman–Crippen LogP) is 3.69. The van der Waals surface area contributed by atoms with Crippen molar-refractivity contribution in [1.82, 2.24) is 5.32 Å². The molecule has 0 aromatic carbocycles. The number of ketones is 1. The van der Waals surface area contributed by atoms with Crippen LogP contribution < -0.4 is 5.32 Å². The van der Waals surface area contributed by atoms with Gasteiger partial charge in [0, 0.05) is 13.0 Å². The van der Waals surface area contributed by atoms with E-state index in [1.165, 1.54) is 70.6 Å². The first-order valence-electron chi connectivity index (χ1n) is 10.1. The van der Waals surface area contributed by atoms with Gasteiger partial charge in [-0.25, -0.2) is 0 Å². The van der Waals surface area contributed by atoms with Crippen LogP contribution in [0.25, 0.3) is 0 Å². The molecule has 7 heteroatoms. The van der Waals surface area contributed by atoms with Crippen LogP contribution in [0.2, 0.25) is 0 Å². The maximum Gasteiger partial charge on any atom is 0.266 e. The molecule has 0 rings (SSSR count). The Morgan fingerprint density at radius 3 is 1.65 bits per heavy atom. The van der Waals surface area contributed by atoms with E-state index in [0.29, 0.717) is 6.42 Å². The normalized spacial score (nSPS) is 11.3. The van der Waals surface area contributed by atoms with Crippen molar-refractivity contribution in [2.24, 2.45) is 0 Å². The second kappa shape index (κ2) is 19.3. The zero-order valence-electron chi connectivity index (χ0n) is 16.6. The Morgan fingerprint density at radius 1 is 0.808 bits per heavy atom. The number of Topliss-reactive ketones (excluding diaryl/α,β-unsaturated/α-hetero) is 1. The van der Waals surface area contributed by atoms with Crippen LogP contribution in [-0.4, -0.2) is 43.1 Å². The molecule has 26 heavy (non-hydrogen) atoms. The molecule has 0 bridgehead atoms. The van der Waals surface area contributed by atoms with E-state index in [2.05, 4.69) is 12.2 Å². The summed E-state index contributed by atoms with van der Waals surface area (Å²) in [5, 5.41) is 2.75. The van der Waals surface area contributed by atoms with Crippen molar-refractivity contribution in [2.45, 2.75) is 96.8 Å². The van der Waals surface area contributed by atoms with Crippen LogP contribution in [0.15, 0.2) is 0 Å². The largest absolute Gasteiger partial charge is 0.412 e. The summed E-state index contributed by atoms with van der Waals surface area (Å²) < 4.78 is 29.6. The van der Waals surface area contributed by atoms with Gasteiger partial charge in [-0.15, -0.1) is 0 Å². The fourth-order valence-corrected chi connectivity index (χ4v) is 3.26. The molecular formula is C19H41NO5S. The molecule has 6 nitrogen and oxygen atoms in total. The van der Waals surface area contributed by atoms with Gasteiger partial charge in [-0.2, -0.15) is 8.42 Å². The predicted molar refractivity (Wildman–Crippen MR) is 108 cm³/mol. The van der Waals surface area contributed by atoms with Gasteiger partial charge in [0.15, 0.2) is 0 Å². The summed E-state index contributed by atoms with van der Waals surface area (Å²) >= 11 is 0. The molecule has 158 valence electrons. The number of nitrogens with one attached hydrogen (secondary N) is 1. The zero-order valence-corrected chi connectivity index (χ0v) is 17.4. The minimum atomic E-state index is -3.94. The van der Waals surface area contributed by atoms with Crippen LogP contribution in [0.4, 0.5) is 0 Å². The molecule has 0 unspecified atom stereocenters. The molecular weight excluding hydrogens is 354 g/mol. The van der Waals surface area contributed by atoms with E-state index in [0.717, 1.165) is 12.8 Å². The quantitative estimate of drug-likeness (QED) is 0.256. The van der Waals surface area contributed by atoms with Gasteiger partial charge in [0.2, 0.25) is 0 Å². The maximum atomic E-state index is 11.6. The molecule has 0 atom stereocenters. The number of unbranched alkanes of at least 4 members (excludes halogenated alkanes) is 12. The van der Waals surface area contributed by atoms with Crippen molar-refractivity contribution in [3.8, 4) is 0 Å². The van der Waals surface area contributed by atoms with E-state index in [1.807, 2.05) is 0 Å². The van der Waals surface area contributed by atoms with Crippen LogP contribution in [0.3, 0.4) is 0 Å². The molecule has 0 heterocycles. The standard InChI is InChI=1S/C19H39NO4S.H2O/c1-2-3-4-5-6-7-8-9-10-11-12-13-14-15-19(21)18-20-16-17-25(22,23)24;/h20H,2-18H2,1H3,(H,22,23,24);1H2. The van der Waals surface area contributed by atoms with Crippen molar-refractivity contribution < 1.29 is 23.2 Å². The third-order valence-electron chi connectivity index (χ3n) is 4.42. The average Bonchev–Trinajstić information content (AvgIpc) is 2.55. The fourth-order valence-electron chi connectivity index (χ4n) is 2.86. The molecule has 0 amide bonds. The van der Waals surface area contributed by atoms with Gasteiger partial charge in [-0.05, 0) is 6.42 Å². The van der Waals surface area contributed by atoms with Gasteiger partial charge < -0.3 is 10.8 Å². The van der Waals surface area contributed by atoms with E-state index in [4.69, 9.17) is 4.55 Å². The second-order valence-corrected chi connectivity index (χ2v) is 8.57. The van der Waals surface area contributed by atoms with Crippen molar-refractivity contribution in [1.29, 1.82) is 0 Å². The van der Waals surface area contributed by atoms with E-state index >= 15 is 0 Å². The van der Waals surface area contributed by atoms with Crippen molar-refractivity contribution in [3.05, 3.63) is 0 Å². The maximum absolute atomic E-state index is 11.6. The minimum Gasteiger partial charge on any atom is -0.412 e. The van der Waals surface area contributed by atoms with Crippen molar-refractivity contribution >= 4 is 15.9 Å². The molecule has 0 saturated carbocycles. The highest BCUT2D eigenvalue weighted by atomic mass is 32.2. The van der Waals surface area contributed by atoms with E-state index in [1.54, 1.807) is 0 Å². The highest BCUT2D eigenvalue weighted by Crippen LogP contribution is 2.12. The molecule has 0 aromatic heterocycles. The van der Waals surface area contributed by atoms with Crippen molar-refractivity contribution in [2.75, 3.05) is 18.8 Å². The summed E-state index contributed by atoms with van der Waals surface area (Å²) in [5.74, 6) is -0.239. The topological polar surface area (TPSA) is 115 Å². The number of carbonyl (C=O) groups is 1. The third-order valence-corrected chi connectivity index (χ3v) is 5.14. The van der Waals surface area contributed by atoms with Gasteiger partial charge in [0.1, 0.15) is 5.78 Å². The monoisotopic (exact) mass is 395 g/mol. The molecule has 0 aromatic rings. The van der Waals surface area contributed by atoms with E-state index < -0.39 is 10.1 Å². The second-order valence-electron chi connectivity index (χ2n) is 6.99. The van der Waals surface area contributed by atoms with Gasteiger partial charge in [0.05, 0.1) is 12.3 Å². The first-order valence-corrected chi connectivity index (χ1v) is 11.7. The molecule has 0 aliphatic carbocycles. The third kappa shape index (κ3) is 23.5. The van der Waals surface area contributed by atoms with Gasteiger partial charge in [0.25, 0.3) is 10.1 Å². The molecule has 0 aliphatic heterocycles.